The third kappa shape index (κ3) is 5.90. The average Bonchev–Trinajstić information content (AvgIpc) is 3.10. The standard InChI is InChI=1S/C15H12O.2C14H10O2/c1-10-9-13-8-7-12-5-3-4-6-14(12)15(13)16-11(10)2;1-9-6-12-7-10-4-2-3-5-11(10)8-13(12)16-14(9)15;1-9-8-12-11-5-3-2-4-10(11)6-7-13(12)16-14(9)15/h3-9H,2H2,1H3;2*2-8H,1H3. The molecule has 5 nitrogen and oxygen atoms in total. The van der Waals surface area contributed by atoms with Crippen molar-refractivity contribution < 1.29 is 13.6 Å². The number of hydrogen-bond donors (Lipinski definition) is 0. The molecule has 6 aromatic carbocycles. The van der Waals surface area contributed by atoms with Crippen molar-refractivity contribution in [3.63, 3.8) is 0 Å². The van der Waals surface area contributed by atoms with Gasteiger partial charge in [-0.05, 0) is 89.7 Å². The first-order chi connectivity index (χ1) is 23.2. The van der Waals surface area contributed by atoms with Crippen LogP contribution < -0.4 is 16.0 Å². The fraction of sp³-hybridized carbons (Fsp3) is 0.0698. The lowest BCUT2D eigenvalue weighted by molar-refractivity contribution is 0.439. The Morgan fingerprint density at radius 2 is 1.06 bits per heavy atom. The van der Waals surface area contributed by atoms with E-state index >= 15 is 0 Å². The van der Waals surface area contributed by atoms with Gasteiger partial charge in [-0.3, -0.25) is 0 Å². The minimum atomic E-state index is -0.261. The average molecular weight is 629 g/mol. The molecule has 0 bridgehead atoms. The number of ether oxygens (including phenoxy) is 1. The van der Waals surface area contributed by atoms with E-state index in [1.54, 1.807) is 13.8 Å². The zero-order valence-electron chi connectivity index (χ0n) is 26.9. The van der Waals surface area contributed by atoms with E-state index in [1.165, 1.54) is 5.39 Å². The quantitative estimate of drug-likeness (QED) is 0.0949. The molecule has 0 amide bonds. The molecule has 3 heterocycles. The van der Waals surface area contributed by atoms with Crippen molar-refractivity contribution in [3.8, 4) is 5.75 Å². The van der Waals surface area contributed by atoms with Crippen LogP contribution in [0.4, 0.5) is 0 Å². The topological polar surface area (TPSA) is 69.7 Å². The first-order valence-electron chi connectivity index (χ1n) is 15.7. The summed E-state index contributed by atoms with van der Waals surface area (Å²) in [4.78, 5) is 22.8. The predicted octanol–water partition coefficient (Wildman–Crippen LogP) is 10.7. The van der Waals surface area contributed by atoms with Gasteiger partial charge < -0.3 is 13.6 Å². The van der Waals surface area contributed by atoms with Gasteiger partial charge in [0.05, 0.1) is 0 Å². The Balaban J connectivity index is 0.000000114. The van der Waals surface area contributed by atoms with Crippen LogP contribution in [0.25, 0.3) is 60.3 Å². The Hall–Kier alpha value is -6.20. The molecule has 234 valence electrons. The van der Waals surface area contributed by atoms with Gasteiger partial charge in [-0.2, -0.15) is 0 Å². The van der Waals surface area contributed by atoms with Crippen molar-refractivity contribution in [3.05, 3.63) is 177 Å². The fourth-order valence-electron chi connectivity index (χ4n) is 5.88. The van der Waals surface area contributed by atoms with Crippen LogP contribution in [-0.4, -0.2) is 0 Å². The number of allylic oxidation sites excluding steroid dienone is 1. The van der Waals surface area contributed by atoms with Crippen molar-refractivity contribution in [1.29, 1.82) is 0 Å². The summed E-state index contributed by atoms with van der Waals surface area (Å²) in [6.07, 6.45) is 2.12. The summed E-state index contributed by atoms with van der Waals surface area (Å²) in [7, 11) is 0. The van der Waals surface area contributed by atoms with Gasteiger partial charge in [0.25, 0.3) is 0 Å². The van der Waals surface area contributed by atoms with E-state index in [1.807, 2.05) is 91.9 Å². The molecular weight excluding hydrogens is 596 g/mol. The smallest absolute Gasteiger partial charge is 0.339 e. The Labute approximate surface area is 276 Å². The molecule has 1 aliphatic rings. The zero-order valence-corrected chi connectivity index (χ0v) is 26.9. The largest absolute Gasteiger partial charge is 0.456 e. The number of aryl methyl sites for hydroxylation is 2. The fourth-order valence-corrected chi connectivity index (χ4v) is 5.88. The Morgan fingerprint density at radius 1 is 0.500 bits per heavy atom. The predicted molar refractivity (Wildman–Crippen MR) is 197 cm³/mol. The molecule has 0 atom stereocenters. The van der Waals surface area contributed by atoms with Crippen molar-refractivity contribution in [1.82, 2.24) is 0 Å². The molecule has 1 aliphatic heterocycles. The van der Waals surface area contributed by atoms with Gasteiger partial charge in [-0.1, -0.05) is 97.6 Å². The van der Waals surface area contributed by atoms with Crippen LogP contribution in [-0.2, 0) is 0 Å². The summed E-state index contributed by atoms with van der Waals surface area (Å²) in [5, 5.41) is 8.82. The Bertz CT molecular complexity index is 2670. The zero-order chi connectivity index (χ0) is 33.4. The van der Waals surface area contributed by atoms with Gasteiger partial charge >= 0.3 is 11.3 Å². The van der Waals surface area contributed by atoms with Crippen molar-refractivity contribution >= 4 is 60.3 Å². The number of rotatable bonds is 0. The van der Waals surface area contributed by atoms with Crippen molar-refractivity contribution in [2.24, 2.45) is 0 Å². The lowest BCUT2D eigenvalue weighted by Crippen LogP contribution is -2.02. The molecule has 48 heavy (non-hydrogen) atoms. The van der Waals surface area contributed by atoms with Gasteiger partial charge in [0.2, 0.25) is 0 Å². The van der Waals surface area contributed by atoms with E-state index in [4.69, 9.17) is 13.6 Å². The summed E-state index contributed by atoms with van der Waals surface area (Å²) in [5.41, 5.74) is 4.27. The maximum Gasteiger partial charge on any atom is 0.339 e. The molecule has 0 aliphatic carbocycles. The maximum atomic E-state index is 11.4. The third-order valence-electron chi connectivity index (χ3n) is 8.54. The van der Waals surface area contributed by atoms with Crippen LogP contribution in [0.3, 0.4) is 0 Å². The lowest BCUT2D eigenvalue weighted by atomic mass is 10.0. The van der Waals surface area contributed by atoms with E-state index in [0.717, 1.165) is 60.3 Å². The first-order valence-corrected chi connectivity index (χ1v) is 15.7. The highest BCUT2D eigenvalue weighted by Crippen LogP contribution is 2.37. The van der Waals surface area contributed by atoms with E-state index < -0.39 is 0 Å². The van der Waals surface area contributed by atoms with Gasteiger partial charge in [0, 0.05) is 32.8 Å². The van der Waals surface area contributed by atoms with Crippen LogP contribution in [0.2, 0.25) is 0 Å². The second-order valence-corrected chi connectivity index (χ2v) is 11.9. The third-order valence-corrected chi connectivity index (χ3v) is 8.54. The van der Waals surface area contributed by atoms with Crippen molar-refractivity contribution in [2.45, 2.75) is 20.8 Å². The summed E-state index contributed by atoms with van der Waals surface area (Å²) in [5.74, 6) is 1.66. The van der Waals surface area contributed by atoms with Gasteiger partial charge in [-0.25, -0.2) is 9.59 Å². The second kappa shape index (κ2) is 12.5. The molecule has 8 aromatic rings. The molecule has 0 unspecified atom stereocenters. The van der Waals surface area contributed by atoms with Crippen LogP contribution in [0.5, 0.6) is 5.75 Å². The molecule has 0 spiro atoms. The maximum absolute atomic E-state index is 11.4. The van der Waals surface area contributed by atoms with Crippen LogP contribution in [0.15, 0.2) is 158 Å². The molecule has 0 fully saturated rings. The molecule has 0 radical (unpaired) electrons. The lowest BCUT2D eigenvalue weighted by Gasteiger charge is -2.19. The van der Waals surface area contributed by atoms with Crippen LogP contribution >= 0.6 is 0 Å². The van der Waals surface area contributed by atoms with E-state index in [-0.39, 0.29) is 11.3 Å². The van der Waals surface area contributed by atoms with E-state index in [9.17, 15) is 9.59 Å². The molecule has 2 aromatic heterocycles. The molecular formula is C43H32O5. The number of benzene rings is 6. The van der Waals surface area contributed by atoms with Crippen LogP contribution in [0.1, 0.15) is 23.6 Å². The van der Waals surface area contributed by atoms with Crippen LogP contribution in [0, 0.1) is 13.8 Å². The summed E-state index contributed by atoms with van der Waals surface area (Å²) < 4.78 is 16.3. The summed E-state index contributed by atoms with van der Waals surface area (Å²) >= 11 is 0. The number of hydrogen-bond acceptors (Lipinski definition) is 5. The van der Waals surface area contributed by atoms with Gasteiger partial charge in [0.1, 0.15) is 22.7 Å². The normalized spacial score (nSPS) is 12.1. The minimum absolute atomic E-state index is 0.261. The van der Waals surface area contributed by atoms with Crippen molar-refractivity contribution in [2.75, 3.05) is 0 Å². The molecule has 0 N–H and O–H groups in total. The summed E-state index contributed by atoms with van der Waals surface area (Å²) in [6, 6.07) is 40.1. The second-order valence-electron chi connectivity index (χ2n) is 11.9. The SMILES string of the molecule is C=C1Oc2c(ccc3ccccc23)C=C1C.Cc1cc2c(ccc3ccccc32)oc1=O.Cc1cc2cc3ccccc3cc2oc1=O. The highest BCUT2D eigenvalue weighted by Gasteiger charge is 2.15. The molecule has 0 saturated heterocycles. The van der Waals surface area contributed by atoms with E-state index in [2.05, 4.69) is 49.1 Å². The van der Waals surface area contributed by atoms with Gasteiger partial charge in [0.15, 0.2) is 0 Å². The Morgan fingerprint density at radius 3 is 1.79 bits per heavy atom. The molecule has 9 rings (SSSR count). The molecule has 0 saturated carbocycles. The minimum Gasteiger partial charge on any atom is -0.456 e. The monoisotopic (exact) mass is 628 g/mol. The van der Waals surface area contributed by atoms with E-state index in [0.29, 0.717) is 22.3 Å². The summed E-state index contributed by atoms with van der Waals surface area (Å²) in [6.45, 7) is 9.46. The highest BCUT2D eigenvalue weighted by molar-refractivity contribution is 6.05. The van der Waals surface area contributed by atoms with Gasteiger partial charge in [-0.15, -0.1) is 0 Å². The first kappa shape index (κ1) is 30.5. The molecule has 5 heteroatoms. The number of fused-ring (bicyclic) bond motifs is 8. The highest BCUT2D eigenvalue weighted by atomic mass is 16.5. The Kier molecular flexibility index (Phi) is 7.95.